The fraction of sp³-hybridized carbons (Fsp3) is 0.231. The lowest BCUT2D eigenvalue weighted by atomic mass is 10.1. The lowest BCUT2D eigenvalue weighted by Crippen LogP contribution is -2.30. The third-order valence-electron chi connectivity index (χ3n) is 1.99. The van der Waals surface area contributed by atoms with E-state index in [0.29, 0.717) is 0 Å². The van der Waals surface area contributed by atoms with Gasteiger partial charge in [-0.05, 0) is 31.6 Å². The average molecular weight is 293 g/mol. The maximum absolute atomic E-state index is 11.7. The molecule has 0 bridgehead atoms. The first-order valence-corrected chi connectivity index (χ1v) is 6.01. The minimum Gasteiger partial charge on any atom is -0.349 e. The summed E-state index contributed by atoms with van der Waals surface area (Å²) in [6.07, 6.45) is 1.57. The summed E-state index contributed by atoms with van der Waals surface area (Å²) in [7, 11) is 0. The van der Waals surface area contributed by atoms with Crippen molar-refractivity contribution in [3.8, 4) is 6.07 Å². The van der Waals surface area contributed by atoms with E-state index in [-0.39, 0.29) is 17.5 Å². The second-order valence-electron chi connectivity index (χ2n) is 3.82. The Kier molecular flexibility index (Phi) is 4.92. The lowest BCUT2D eigenvalue weighted by molar-refractivity contribution is -0.117. The van der Waals surface area contributed by atoms with Gasteiger partial charge in [0.05, 0.1) is 0 Å². The smallest absolute Gasteiger partial charge is 0.262 e. The molecule has 1 rings (SSSR count). The van der Waals surface area contributed by atoms with Crippen molar-refractivity contribution in [1.29, 1.82) is 5.26 Å². The SMILES string of the molecule is CC(C)NC(=O)/C(C#N)=C\c1ccccc1Br. The minimum absolute atomic E-state index is 0.0125. The van der Waals surface area contributed by atoms with Crippen molar-refractivity contribution in [1.82, 2.24) is 5.32 Å². The zero-order chi connectivity index (χ0) is 12.8. The van der Waals surface area contributed by atoms with Crippen LogP contribution >= 0.6 is 15.9 Å². The Bertz CT molecular complexity index is 486. The van der Waals surface area contributed by atoms with Gasteiger partial charge in [0, 0.05) is 10.5 Å². The quantitative estimate of drug-likeness (QED) is 0.688. The molecule has 0 radical (unpaired) electrons. The molecule has 17 heavy (non-hydrogen) atoms. The number of nitrogens with one attached hydrogen (secondary N) is 1. The molecule has 0 aromatic heterocycles. The van der Waals surface area contributed by atoms with E-state index in [4.69, 9.17) is 5.26 Å². The van der Waals surface area contributed by atoms with Crippen LogP contribution in [0.3, 0.4) is 0 Å². The van der Waals surface area contributed by atoms with Gasteiger partial charge < -0.3 is 5.32 Å². The molecule has 0 aliphatic rings. The number of hydrogen-bond donors (Lipinski definition) is 1. The third-order valence-corrected chi connectivity index (χ3v) is 2.71. The fourth-order valence-corrected chi connectivity index (χ4v) is 1.64. The fourth-order valence-electron chi connectivity index (χ4n) is 1.24. The molecule has 1 amide bonds. The summed E-state index contributed by atoms with van der Waals surface area (Å²) >= 11 is 3.37. The van der Waals surface area contributed by atoms with Crippen molar-refractivity contribution >= 4 is 27.9 Å². The van der Waals surface area contributed by atoms with Gasteiger partial charge in [-0.15, -0.1) is 0 Å². The molecule has 0 aliphatic heterocycles. The van der Waals surface area contributed by atoms with Crippen LogP contribution in [0.5, 0.6) is 0 Å². The number of halogens is 1. The van der Waals surface area contributed by atoms with Crippen molar-refractivity contribution in [2.45, 2.75) is 19.9 Å². The van der Waals surface area contributed by atoms with E-state index in [2.05, 4.69) is 21.2 Å². The molecule has 88 valence electrons. The number of carbonyl (C=O) groups is 1. The Morgan fingerprint density at radius 3 is 2.65 bits per heavy atom. The maximum atomic E-state index is 11.7. The Labute approximate surface area is 109 Å². The zero-order valence-electron chi connectivity index (χ0n) is 9.70. The number of amides is 1. The van der Waals surface area contributed by atoms with E-state index < -0.39 is 0 Å². The number of rotatable bonds is 3. The van der Waals surface area contributed by atoms with Crippen molar-refractivity contribution < 1.29 is 4.79 Å². The molecular weight excluding hydrogens is 280 g/mol. The van der Waals surface area contributed by atoms with Crippen LogP contribution in [0.25, 0.3) is 6.08 Å². The number of benzene rings is 1. The molecule has 0 heterocycles. The van der Waals surface area contributed by atoms with Crippen LogP contribution in [-0.2, 0) is 4.79 Å². The van der Waals surface area contributed by atoms with Crippen LogP contribution in [0.15, 0.2) is 34.3 Å². The molecular formula is C13H13BrN2O. The largest absolute Gasteiger partial charge is 0.349 e. The predicted molar refractivity (Wildman–Crippen MR) is 71.0 cm³/mol. The molecule has 0 saturated carbocycles. The second kappa shape index (κ2) is 6.21. The zero-order valence-corrected chi connectivity index (χ0v) is 11.3. The highest BCUT2D eigenvalue weighted by atomic mass is 79.9. The summed E-state index contributed by atoms with van der Waals surface area (Å²) in [5, 5.41) is 11.7. The van der Waals surface area contributed by atoms with Crippen LogP contribution in [0, 0.1) is 11.3 Å². The number of carbonyl (C=O) groups excluding carboxylic acids is 1. The van der Waals surface area contributed by atoms with Crippen LogP contribution in [0.4, 0.5) is 0 Å². The van der Waals surface area contributed by atoms with Crippen molar-refractivity contribution in [3.63, 3.8) is 0 Å². The first-order valence-electron chi connectivity index (χ1n) is 5.21. The van der Waals surface area contributed by atoms with E-state index in [1.54, 1.807) is 6.08 Å². The van der Waals surface area contributed by atoms with Gasteiger partial charge in [-0.2, -0.15) is 5.26 Å². The highest BCUT2D eigenvalue weighted by molar-refractivity contribution is 9.10. The molecule has 1 aromatic carbocycles. The van der Waals surface area contributed by atoms with Gasteiger partial charge in [-0.3, -0.25) is 4.79 Å². The van der Waals surface area contributed by atoms with E-state index in [0.717, 1.165) is 10.0 Å². The number of nitriles is 1. The third kappa shape index (κ3) is 4.04. The molecule has 1 aromatic rings. The van der Waals surface area contributed by atoms with Gasteiger partial charge >= 0.3 is 0 Å². The summed E-state index contributed by atoms with van der Waals surface area (Å²) in [4.78, 5) is 11.7. The standard InChI is InChI=1S/C13H13BrN2O/c1-9(2)16-13(17)11(8-15)7-10-5-3-4-6-12(10)14/h3-7,9H,1-2H3,(H,16,17)/b11-7-. The van der Waals surface area contributed by atoms with Gasteiger partial charge in [-0.1, -0.05) is 34.1 Å². The summed E-state index contributed by atoms with van der Waals surface area (Å²) in [6, 6.07) is 9.35. The van der Waals surface area contributed by atoms with Gasteiger partial charge in [0.1, 0.15) is 11.6 Å². The first-order chi connectivity index (χ1) is 8.04. The van der Waals surface area contributed by atoms with E-state index in [1.807, 2.05) is 44.2 Å². The van der Waals surface area contributed by atoms with Crippen LogP contribution < -0.4 is 5.32 Å². The molecule has 0 unspecified atom stereocenters. The van der Waals surface area contributed by atoms with Crippen molar-refractivity contribution in [2.75, 3.05) is 0 Å². The van der Waals surface area contributed by atoms with Gasteiger partial charge in [0.15, 0.2) is 0 Å². The summed E-state index contributed by atoms with van der Waals surface area (Å²) in [5.41, 5.74) is 0.911. The van der Waals surface area contributed by atoms with E-state index in [9.17, 15) is 4.79 Å². The Morgan fingerprint density at radius 1 is 1.47 bits per heavy atom. The van der Waals surface area contributed by atoms with Crippen LogP contribution in [0.1, 0.15) is 19.4 Å². The summed E-state index contributed by atoms with van der Waals surface area (Å²) in [5.74, 6) is -0.349. The topological polar surface area (TPSA) is 52.9 Å². The Morgan fingerprint density at radius 2 is 2.12 bits per heavy atom. The Hall–Kier alpha value is -1.60. The molecule has 4 heteroatoms. The van der Waals surface area contributed by atoms with Crippen LogP contribution in [0.2, 0.25) is 0 Å². The van der Waals surface area contributed by atoms with Crippen molar-refractivity contribution in [2.24, 2.45) is 0 Å². The average Bonchev–Trinajstić information content (AvgIpc) is 2.27. The lowest BCUT2D eigenvalue weighted by Gasteiger charge is -2.07. The van der Waals surface area contributed by atoms with Gasteiger partial charge in [-0.25, -0.2) is 0 Å². The van der Waals surface area contributed by atoms with E-state index >= 15 is 0 Å². The minimum atomic E-state index is -0.349. The Balaban J connectivity index is 3.00. The molecule has 0 atom stereocenters. The van der Waals surface area contributed by atoms with Crippen molar-refractivity contribution in [3.05, 3.63) is 39.9 Å². The molecule has 0 saturated heterocycles. The normalized spacial score (nSPS) is 11.1. The molecule has 0 spiro atoms. The van der Waals surface area contributed by atoms with E-state index in [1.165, 1.54) is 0 Å². The summed E-state index contributed by atoms with van der Waals surface area (Å²) in [6.45, 7) is 3.71. The predicted octanol–water partition coefficient (Wildman–Crippen LogP) is 2.88. The summed E-state index contributed by atoms with van der Waals surface area (Å²) < 4.78 is 0.852. The molecule has 3 nitrogen and oxygen atoms in total. The monoisotopic (exact) mass is 292 g/mol. The van der Waals surface area contributed by atoms with Crippen LogP contribution in [-0.4, -0.2) is 11.9 Å². The number of hydrogen-bond acceptors (Lipinski definition) is 2. The molecule has 0 aliphatic carbocycles. The highest BCUT2D eigenvalue weighted by Gasteiger charge is 2.10. The van der Waals surface area contributed by atoms with Gasteiger partial charge in [0.25, 0.3) is 5.91 Å². The maximum Gasteiger partial charge on any atom is 0.262 e. The first kappa shape index (κ1) is 13.5. The molecule has 1 N–H and O–H groups in total. The number of nitrogens with zero attached hydrogens (tertiary/aromatic N) is 1. The highest BCUT2D eigenvalue weighted by Crippen LogP contribution is 2.18. The molecule has 0 fully saturated rings. The second-order valence-corrected chi connectivity index (χ2v) is 4.67. The van der Waals surface area contributed by atoms with Gasteiger partial charge in [0.2, 0.25) is 0 Å².